The lowest BCUT2D eigenvalue weighted by Gasteiger charge is -2.26. The van der Waals surface area contributed by atoms with Crippen molar-refractivity contribution in [2.45, 2.75) is 0 Å². The van der Waals surface area contributed by atoms with Crippen LogP contribution in [0.5, 0.6) is 0 Å². The van der Waals surface area contributed by atoms with Gasteiger partial charge in [-0.05, 0) is 123 Å². The predicted octanol–water partition coefficient (Wildman–Crippen LogP) is 15.0. The Morgan fingerprint density at radius 2 is 0.877 bits per heavy atom. The fourth-order valence-electron chi connectivity index (χ4n) is 8.01. The Bertz CT molecular complexity index is 3220. The maximum absolute atomic E-state index is 6.32. The zero-order valence-corrected chi connectivity index (χ0v) is 30.8. The molecular formula is C53H34N2O2. The van der Waals surface area contributed by atoms with Gasteiger partial charge in [-0.15, -0.1) is 0 Å². The van der Waals surface area contributed by atoms with Crippen LogP contribution in [-0.4, -0.2) is 4.98 Å². The van der Waals surface area contributed by atoms with E-state index in [4.69, 9.17) is 13.8 Å². The minimum absolute atomic E-state index is 0.598. The van der Waals surface area contributed by atoms with Gasteiger partial charge in [0.25, 0.3) is 0 Å². The third kappa shape index (κ3) is 5.92. The average molecular weight is 731 g/mol. The standard InChI is InChI=1S/C53H34N2O2/c1-3-10-35(11-4-1)41-16-9-17-46(33-41)55(44-25-20-37(21-26-44)42-19-18-36-12-7-8-15-40(36)32-42)45-27-22-38(23-28-45)43-24-29-48-47(34-43)51-49(56-48)30-31-50-52(51)54-53(57-50)39-13-5-2-6-14-39/h1-34H. The van der Waals surface area contributed by atoms with Gasteiger partial charge in [-0.1, -0.05) is 127 Å². The number of fused-ring (bicyclic) bond motifs is 6. The van der Waals surface area contributed by atoms with Gasteiger partial charge in [0.15, 0.2) is 5.58 Å². The zero-order valence-electron chi connectivity index (χ0n) is 30.8. The summed E-state index contributed by atoms with van der Waals surface area (Å²) in [6.07, 6.45) is 0. The molecule has 0 fully saturated rings. The third-order valence-corrected chi connectivity index (χ3v) is 10.9. The lowest BCUT2D eigenvalue weighted by molar-refractivity contribution is 0.619. The van der Waals surface area contributed by atoms with Gasteiger partial charge in [0.1, 0.15) is 16.7 Å². The molecule has 4 nitrogen and oxygen atoms in total. The van der Waals surface area contributed by atoms with Crippen LogP contribution in [0.3, 0.4) is 0 Å². The van der Waals surface area contributed by atoms with Gasteiger partial charge in [0.2, 0.25) is 5.89 Å². The highest BCUT2D eigenvalue weighted by Gasteiger charge is 2.18. The van der Waals surface area contributed by atoms with Gasteiger partial charge in [0.05, 0.1) is 5.39 Å². The second kappa shape index (κ2) is 13.6. The first-order valence-corrected chi connectivity index (χ1v) is 19.2. The Kier molecular flexibility index (Phi) is 7.78. The summed E-state index contributed by atoms with van der Waals surface area (Å²) in [6.45, 7) is 0. The summed E-state index contributed by atoms with van der Waals surface area (Å²) in [5, 5.41) is 4.45. The van der Waals surface area contributed by atoms with Crippen molar-refractivity contribution in [3.63, 3.8) is 0 Å². The molecule has 4 heteroatoms. The van der Waals surface area contributed by atoms with E-state index in [9.17, 15) is 0 Å². The van der Waals surface area contributed by atoms with Gasteiger partial charge >= 0.3 is 0 Å². The molecule has 0 saturated carbocycles. The van der Waals surface area contributed by atoms with Crippen molar-refractivity contribution in [3.8, 4) is 44.8 Å². The Morgan fingerprint density at radius 3 is 1.61 bits per heavy atom. The van der Waals surface area contributed by atoms with E-state index in [2.05, 4.69) is 169 Å². The molecule has 0 aliphatic rings. The van der Waals surface area contributed by atoms with E-state index >= 15 is 0 Å². The number of hydrogen-bond donors (Lipinski definition) is 0. The minimum atomic E-state index is 0.598. The van der Waals surface area contributed by atoms with Crippen molar-refractivity contribution in [1.82, 2.24) is 4.98 Å². The molecule has 11 rings (SSSR count). The van der Waals surface area contributed by atoms with Crippen LogP contribution in [0.2, 0.25) is 0 Å². The van der Waals surface area contributed by atoms with Crippen molar-refractivity contribution in [3.05, 3.63) is 206 Å². The fraction of sp³-hybridized carbons (Fsp3) is 0. The summed E-state index contributed by atoms with van der Waals surface area (Å²) >= 11 is 0. The molecule has 0 spiro atoms. The molecule has 2 heterocycles. The Morgan fingerprint density at radius 1 is 0.333 bits per heavy atom. The van der Waals surface area contributed by atoms with Crippen LogP contribution in [0.1, 0.15) is 0 Å². The molecular weight excluding hydrogens is 697 g/mol. The second-order valence-corrected chi connectivity index (χ2v) is 14.4. The van der Waals surface area contributed by atoms with Crippen LogP contribution in [-0.2, 0) is 0 Å². The number of aromatic nitrogens is 1. The lowest BCUT2D eigenvalue weighted by Crippen LogP contribution is -2.10. The van der Waals surface area contributed by atoms with Gasteiger partial charge in [0, 0.05) is 28.0 Å². The summed E-state index contributed by atoms with van der Waals surface area (Å²) in [5.74, 6) is 0.598. The zero-order chi connectivity index (χ0) is 37.7. The maximum atomic E-state index is 6.32. The summed E-state index contributed by atoms with van der Waals surface area (Å²) in [6, 6.07) is 72.5. The summed E-state index contributed by atoms with van der Waals surface area (Å²) < 4.78 is 12.5. The van der Waals surface area contributed by atoms with Crippen molar-refractivity contribution in [1.29, 1.82) is 0 Å². The number of rotatable bonds is 7. The highest BCUT2D eigenvalue weighted by atomic mass is 16.4. The number of anilines is 3. The molecule has 0 unspecified atom stereocenters. The van der Waals surface area contributed by atoms with Crippen LogP contribution in [0.15, 0.2) is 215 Å². The molecule has 0 radical (unpaired) electrons. The van der Waals surface area contributed by atoms with Gasteiger partial charge in [-0.3, -0.25) is 0 Å². The van der Waals surface area contributed by atoms with E-state index in [1.807, 2.05) is 42.5 Å². The van der Waals surface area contributed by atoms with Gasteiger partial charge in [-0.2, -0.15) is 0 Å². The monoisotopic (exact) mass is 730 g/mol. The van der Waals surface area contributed by atoms with Crippen LogP contribution in [0.25, 0.3) is 88.6 Å². The molecule has 268 valence electrons. The van der Waals surface area contributed by atoms with E-state index in [-0.39, 0.29) is 0 Å². The van der Waals surface area contributed by atoms with E-state index < -0.39 is 0 Å². The lowest BCUT2D eigenvalue weighted by atomic mass is 10.00. The minimum Gasteiger partial charge on any atom is -0.456 e. The second-order valence-electron chi connectivity index (χ2n) is 14.4. The molecule has 9 aromatic carbocycles. The van der Waals surface area contributed by atoms with Crippen LogP contribution in [0, 0.1) is 0 Å². The molecule has 0 aliphatic carbocycles. The highest BCUT2D eigenvalue weighted by Crippen LogP contribution is 2.41. The smallest absolute Gasteiger partial charge is 0.227 e. The van der Waals surface area contributed by atoms with E-state index in [1.165, 1.54) is 33.0 Å². The fourth-order valence-corrected chi connectivity index (χ4v) is 8.01. The summed E-state index contributed by atoms with van der Waals surface area (Å²) in [7, 11) is 0. The van der Waals surface area contributed by atoms with Crippen LogP contribution in [0.4, 0.5) is 17.1 Å². The van der Waals surface area contributed by atoms with Crippen molar-refractivity contribution < 1.29 is 8.83 Å². The summed E-state index contributed by atoms with van der Waals surface area (Å²) in [5.41, 5.74) is 14.3. The first kappa shape index (κ1) is 32.7. The Hall–Kier alpha value is -7.69. The third-order valence-electron chi connectivity index (χ3n) is 10.9. The highest BCUT2D eigenvalue weighted by molar-refractivity contribution is 6.17. The van der Waals surface area contributed by atoms with Gasteiger partial charge < -0.3 is 13.7 Å². The molecule has 0 N–H and O–H groups in total. The number of nitrogens with zero attached hydrogens (tertiary/aromatic N) is 2. The van der Waals surface area contributed by atoms with Crippen LogP contribution >= 0.6 is 0 Å². The summed E-state index contributed by atoms with van der Waals surface area (Å²) in [4.78, 5) is 7.28. The molecule has 57 heavy (non-hydrogen) atoms. The number of furan rings is 1. The largest absolute Gasteiger partial charge is 0.456 e. The van der Waals surface area contributed by atoms with Crippen molar-refractivity contribution in [2.24, 2.45) is 0 Å². The molecule has 0 saturated heterocycles. The maximum Gasteiger partial charge on any atom is 0.227 e. The first-order valence-electron chi connectivity index (χ1n) is 19.2. The normalized spacial score (nSPS) is 11.5. The van der Waals surface area contributed by atoms with E-state index in [1.54, 1.807) is 0 Å². The first-order chi connectivity index (χ1) is 28.2. The van der Waals surface area contributed by atoms with Crippen molar-refractivity contribution >= 4 is 60.9 Å². The van der Waals surface area contributed by atoms with E-state index in [0.717, 1.165) is 66.8 Å². The van der Waals surface area contributed by atoms with E-state index in [0.29, 0.717) is 5.89 Å². The number of oxazole rings is 1. The SMILES string of the molecule is c1ccc(-c2cccc(N(c3ccc(-c4ccc5ccccc5c4)cc3)c3ccc(-c4ccc5oc6ccc7oc(-c8ccccc8)nc7c6c5c4)cc3)c2)cc1. The molecule has 0 bridgehead atoms. The Balaban J connectivity index is 0.980. The molecule has 0 aliphatic heterocycles. The molecule has 0 atom stereocenters. The topological polar surface area (TPSA) is 42.4 Å². The van der Waals surface area contributed by atoms with Crippen molar-refractivity contribution in [2.75, 3.05) is 4.90 Å². The number of benzene rings is 9. The average Bonchev–Trinajstić information content (AvgIpc) is 3.89. The Labute approximate surface area is 329 Å². The predicted molar refractivity (Wildman–Crippen MR) is 235 cm³/mol. The molecule has 0 amide bonds. The number of hydrogen-bond acceptors (Lipinski definition) is 4. The van der Waals surface area contributed by atoms with Gasteiger partial charge in [-0.25, -0.2) is 4.98 Å². The molecule has 2 aromatic heterocycles. The molecule has 11 aromatic rings. The van der Waals surface area contributed by atoms with Crippen LogP contribution < -0.4 is 4.90 Å². The quantitative estimate of drug-likeness (QED) is 0.164.